The molecule has 1 saturated heterocycles. The maximum Gasteiger partial charge on any atom is 0.244 e. The van der Waals surface area contributed by atoms with Gasteiger partial charge in [0.05, 0.1) is 12.2 Å². The van der Waals surface area contributed by atoms with Crippen molar-refractivity contribution in [3.8, 4) is 11.5 Å². The Hall–Kier alpha value is -2.60. The molecule has 0 aliphatic carbocycles. The topological polar surface area (TPSA) is 55.1 Å². The van der Waals surface area contributed by atoms with Crippen LogP contribution in [-0.4, -0.2) is 33.1 Å². The molecule has 1 aliphatic rings. The van der Waals surface area contributed by atoms with Gasteiger partial charge in [0.2, 0.25) is 11.7 Å². The quantitative estimate of drug-likeness (QED) is 0.670. The Bertz CT molecular complexity index is 835. The Morgan fingerprint density at radius 1 is 1.15 bits per heavy atom. The van der Waals surface area contributed by atoms with Gasteiger partial charge in [0.25, 0.3) is 0 Å². The largest absolute Gasteiger partial charge is 0.337 e. The predicted molar refractivity (Wildman–Crippen MR) is 95.8 cm³/mol. The van der Waals surface area contributed by atoms with Gasteiger partial charge in [0, 0.05) is 0 Å². The molecule has 3 heterocycles. The number of nitrogens with zero attached hydrogens (tertiary/aromatic N) is 4. The van der Waals surface area contributed by atoms with Crippen molar-refractivity contribution in [3.63, 3.8) is 0 Å². The third-order valence-electron chi connectivity index (χ3n) is 4.80. The van der Waals surface area contributed by atoms with Crippen LogP contribution in [0.5, 0.6) is 0 Å². The number of pyridine rings is 1. The molecule has 0 bridgehead atoms. The summed E-state index contributed by atoms with van der Waals surface area (Å²) in [5.74, 6) is 0.664. The third-order valence-corrected chi connectivity index (χ3v) is 4.80. The highest BCUT2D eigenvalue weighted by molar-refractivity contribution is 5.47. The summed E-state index contributed by atoms with van der Waals surface area (Å²) in [6.07, 6.45) is 5.48. The molecule has 1 aromatic carbocycles. The monoisotopic (exact) mass is 352 g/mol. The average Bonchev–Trinajstić information content (AvgIpc) is 3.32. The minimum absolute atomic E-state index is 0.160. The second-order valence-electron chi connectivity index (χ2n) is 6.60. The lowest BCUT2D eigenvalue weighted by Gasteiger charge is -2.21. The van der Waals surface area contributed by atoms with Gasteiger partial charge in [0.1, 0.15) is 11.5 Å². The first-order valence-electron chi connectivity index (χ1n) is 9.03. The van der Waals surface area contributed by atoms with Crippen LogP contribution in [0.15, 0.2) is 53.2 Å². The molecule has 0 amide bonds. The molecule has 0 unspecified atom stereocenters. The summed E-state index contributed by atoms with van der Waals surface area (Å²) >= 11 is 0. The first-order chi connectivity index (χ1) is 12.8. The second kappa shape index (κ2) is 7.74. The third kappa shape index (κ3) is 3.80. The molecule has 1 fully saturated rings. The lowest BCUT2D eigenvalue weighted by Crippen LogP contribution is -2.25. The van der Waals surface area contributed by atoms with Gasteiger partial charge in [-0.15, -0.1) is 0 Å². The number of benzene rings is 1. The fourth-order valence-electron chi connectivity index (χ4n) is 3.49. The summed E-state index contributed by atoms with van der Waals surface area (Å²) in [6.45, 7) is 2.05. The van der Waals surface area contributed by atoms with Crippen LogP contribution in [0, 0.1) is 5.82 Å². The molecular weight excluding hydrogens is 331 g/mol. The molecule has 1 aliphatic heterocycles. The molecule has 6 heteroatoms. The van der Waals surface area contributed by atoms with Crippen LogP contribution in [0.25, 0.3) is 11.5 Å². The molecule has 3 aromatic rings. The van der Waals surface area contributed by atoms with E-state index in [1.807, 2.05) is 6.07 Å². The molecular formula is C20H21FN4O. The van der Waals surface area contributed by atoms with E-state index in [1.54, 1.807) is 6.07 Å². The van der Waals surface area contributed by atoms with Gasteiger partial charge in [-0.2, -0.15) is 4.98 Å². The minimum Gasteiger partial charge on any atom is -0.337 e. The van der Waals surface area contributed by atoms with Crippen LogP contribution in [-0.2, 0) is 6.42 Å². The number of aryl methyl sites for hydroxylation is 1. The fraction of sp³-hybridized carbons (Fsp3) is 0.350. The van der Waals surface area contributed by atoms with E-state index in [1.165, 1.54) is 11.6 Å². The molecule has 0 N–H and O–H groups in total. The zero-order valence-electron chi connectivity index (χ0n) is 14.5. The van der Waals surface area contributed by atoms with Crippen molar-refractivity contribution >= 4 is 0 Å². The molecule has 0 spiro atoms. The molecule has 4 rings (SSSR count). The Balaban J connectivity index is 1.39. The zero-order valence-corrected chi connectivity index (χ0v) is 14.5. The van der Waals surface area contributed by atoms with Gasteiger partial charge in [-0.1, -0.05) is 35.5 Å². The van der Waals surface area contributed by atoms with Crippen molar-refractivity contribution in [2.45, 2.75) is 31.7 Å². The number of rotatable bonds is 6. The molecule has 0 radical (unpaired) electrons. The van der Waals surface area contributed by atoms with Gasteiger partial charge in [-0.05, 0) is 56.5 Å². The maximum atomic E-state index is 13.0. The SMILES string of the molecule is Fc1ccc(-c2noc([C@@H]3CCCN3CCCc3ccccc3)n2)nc1. The Kier molecular flexibility index (Phi) is 5.02. The number of hydrogen-bond acceptors (Lipinski definition) is 5. The lowest BCUT2D eigenvalue weighted by molar-refractivity contribution is 0.206. The highest BCUT2D eigenvalue weighted by atomic mass is 19.1. The molecule has 5 nitrogen and oxygen atoms in total. The number of halogens is 1. The number of hydrogen-bond donors (Lipinski definition) is 0. The standard InChI is InChI=1S/C20H21FN4O/c21-16-10-11-17(22-14-16)19-23-20(26-24-19)18-9-5-13-25(18)12-4-8-15-6-2-1-3-7-15/h1-3,6-7,10-11,14,18H,4-5,8-9,12-13H2/t18-/m0/s1. The Labute approximate surface area is 151 Å². The molecule has 0 saturated carbocycles. The van der Waals surface area contributed by atoms with E-state index in [-0.39, 0.29) is 11.9 Å². The van der Waals surface area contributed by atoms with Crippen molar-refractivity contribution in [3.05, 3.63) is 65.9 Å². The van der Waals surface area contributed by atoms with Crippen LogP contribution >= 0.6 is 0 Å². The van der Waals surface area contributed by atoms with Gasteiger partial charge < -0.3 is 4.52 Å². The van der Waals surface area contributed by atoms with E-state index in [0.717, 1.165) is 45.0 Å². The van der Waals surface area contributed by atoms with Crippen molar-refractivity contribution in [2.75, 3.05) is 13.1 Å². The van der Waals surface area contributed by atoms with Crippen molar-refractivity contribution in [2.24, 2.45) is 0 Å². The van der Waals surface area contributed by atoms with Gasteiger partial charge >= 0.3 is 0 Å². The van der Waals surface area contributed by atoms with Crippen LogP contribution in [0.3, 0.4) is 0 Å². The van der Waals surface area contributed by atoms with Gasteiger partial charge in [-0.25, -0.2) is 9.37 Å². The molecule has 1 atom stereocenters. The smallest absolute Gasteiger partial charge is 0.244 e. The zero-order chi connectivity index (χ0) is 17.8. The highest BCUT2D eigenvalue weighted by Crippen LogP contribution is 2.31. The van der Waals surface area contributed by atoms with E-state index in [0.29, 0.717) is 17.4 Å². The fourth-order valence-corrected chi connectivity index (χ4v) is 3.49. The van der Waals surface area contributed by atoms with Crippen molar-refractivity contribution in [1.29, 1.82) is 0 Å². The van der Waals surface area contributed by atoms with E-state index < -0.39 is 0 Å². The normalized spacial score (nSPS) is 17.7. The predicted octanol–water partition coefficient (Wildman–Crippen LogP) is 4.04. The van der Waals surface area contributed by atoms with Crippen LogP contribution in [0.2, 0.25) is 0 Å². The van der Waals surface area contributed by atoms with E-state index >= 15 is 0 Å². The molecule has 26 heavy (non-hydrogen) atoms. The number of likely N-dealkylation sites (tertiary alicyclic amines) is 1. The van der Waals surface area contributed by atoms with Crippen LogP contribution < -0.4 is 0 Å². The van der Waals surface area contributed by atoms with Crippen molar-refractivity contribution < 1.29 is 8.91 Å². The van der Waals surface area contributed by atoms with E-state index in [2.05, 4.69) is 44.3 Å². The average molecular weight is 352 g/mol. The summed E-state index contributed by atoms with van der Waals surface area (Å²) in [5, 5.41) is 4.03. The Morgan fingerprint density at radius 2 is 2.04 bits per heavy atom. The summed E-state index contributed by atoms with van der Waals surface area (Å²) in [5.41, 5.74) is 1.89. The van der Waals surface area contributed by atoms with E-state index in [4.69, 9.17) is 4.52 Å². The van der Waals surface area contributed by atoms with Crippen LogP contribution in [0.4, 0.5) is 4.39 Å². The first-order valence-corrected chi connectivity index (χ1v) is 9.03. The molecule has 134 valence electrons. The minimum atomic E-state index is -0.377. The maximum absolute atomic E-state index is 13.0. The van der Waals surface area contributed by atoms with Gasteiger partial charge in [0.15, 0.2) is 0 Å². The number of aromatic nitrogens is 3. The highest BCUT2D eigenvalue weighted by Gasteiger charge is 2.30. The summed E-state index contributed by atoms with van der Waals surface area (Å²) in [6, 6.07) is 13.6. The van der Waals surface area contributed by atoms with Crippen molar-refractivity contribution in [1.82, 2.24) is 20.0 Å². The van der Waals surface area contributed by atoms with Crippen LogP contribution in [0.1, 0.15) is 36.8 Å². The Morgan fingerprint density at radius 3 is 2.85 bits per heavy atom. The summed E-state index contributed by atoms with van der Waals surface area (Å²) in [4.78, 5) is 10.9. The lowest BCUT2D eigenvalue weighted by atomic mass is 10.1. The summed E-state index contributed by atoms with van der Waals surface area (Å²) in [7, 11) is 0. The van der Waals surface area contributed by atoms with Gasteiger partial charge in [-0.3, -0.25) is 4.90 Å². The second-order valence-corrected chi connectivity index (χ2v) is 6.60. The summed E-state index contributed by atoms with van der Waals surface area (Å²) < 4.78 is 18.5. The first kappa shape index (κ1) is 16.8. The van der Waals surface area contributed by atoms with E-state index in [9.17, 15) is 4.39 Å². The molecule has 2 aromatic heterocycles.